The molecule has 0 aromatic heterocycles. The number of nitriles is 1. The molecule has 1 amide bonds. The summed E-state index contributed by atoms with van der Waals surface area (Å²) in [4.78, 5) is 38.2. The molecule has 272 valence electrons. The number of carbonyl (C=O) groups excluding carboxylic acids is 3. The van der Waals surface area contributed by atoms with Crippen LogP contribution in [0.3, 0.4) is 0 Å². The molecule has 0 saturated carbocycles. The van der Waals surface area contributed by atoms with Crippen molar-refractivity contribution in [3.63, 3.8) is 0 Å². The molecule has 0 saturated heterocycles. The van der Waals surface area contributed by atoms with E-state index in [0.29, 0.717) is 50.6 Å². The summed E-state index contributed by atoms with van der Waals surface area (Å²) >= 11 is 0. The number of nitrogens with zero attached hydrogens (tertiary/aromatic N) is 1. The van der Waals surface area contributed by atoms with Crippen LogP contribution in [0.4, 0.5) is 30.2 Å². The van der Waals surface area contributed by atoms with E-state index in [-0.39, 0.29) is 52.7 Å². The van der Waals surface area contributed by atoms with Crippen molar-refractivity contribution in [1.29, 1.82) is 5.26 Å². The van der Waals surface area contributed by atoms with Gasteiger partial charge in [0.25, 0.3) is 5.91 Å². The van der Waals surface area contributed by atoms with Crippen molar-refractivity contribution in [2.24, 2.45) is 0 Å². The topological polar surface area (TPSA) is 236 Å². The first kappa shape index (κ1) is 39.8. The number of phenolic OH excluding ortho intramolecular Hbond substituents is 2. The predicted molar refractivity (Wildman–Crippen MR) is 181 cm³/mol. The molecular weight excluding hydrogens is 677 g/mol. The number of hydrogen-bond acceptors (Lipinski definition) is 13. The second-order valence-electron chi connectivity index (χ2n) is 10.8. The van der Waals surface area contributed by atoms with Gasteiger partial charge < -0.3 is 52.1 Å². The molecule has 14 nitrogen and oxygen atoms in total. The number of anilines is 3. The summed E-state index contributed by atoms with van der Waals surface area (Å²) in [5, 5.41) is 70.4. The van der Waals surface area contributed by atoms with Crippen LogP contribution in [-0.4, -0.2) is 95.5 Å². The van der Waals surface area contributed by atoms with Gasteiger partial charge in [0.15, 0.2) is 5.57 Å². The van der Waals surface area contributed by atoms with Crippen molar-refractivity contribution in [3.8, 4) is 17.6 Å². The molecule has 4 rings (SSSR count). The zero-order chi connectivity index (χ0) is 37.7. The van der Waals surface area contributed by atoms with E-state index >= 15 is 0 Å². The van der Waals surface area contributed by atoms with Gasteiger partial charge in [-0.2, -0.15) is 18.4 Å². The highest BCUT2D eigenvalue weighted by molar-refractivity contribution is 6.33. The molecule has 0 aliphatic heterocycles. The van der Waals surface area contributed by atoms with Crippen LogP contribution in [0.5, 0.6) is 11.5 Å². The first-order chi connectivity index (χ1) is 24.3. The minimum absolute atomic E-state index is 0.00939. The number of rotatable bonds is 14. The van der Waals surface area contributed by atoms with Crippen LogP contribution < -0.4 is 26.6 Å². The number of halogens is 3. The lowest BCUT2D eigenvalue weighted by molar-refractivity contribution is -0.137. The molecule has 0 unspecified atom stereocenters. The Balaban J connectivity index is 0.000000316. The van der Waals surface area contributed by atoms with Gasteiger partial charge in [-0.1, -0.05) is 0 Å². The summed E-state index contributed by atoms with van der Waals surface area (Å²) < 4.78 is 36.9. The van der Waals surface area contributed by atoms with Gasteiger partial charge in [0.2, 0.25) is 11.6 Å². The van der Waals surface area contributed by atoms with Gasteiger partial charge in [-0.05, 0) is 55.5 Å². The van der Waals surface area contributed by atoms with Crippen LogP contribution in [0.15, 0.2) is 59.9 Å². The maximum atomic E-state index is 13.4. The second-order valence-corrected chi connectivity index (χ2v) is 10.8. The maximum Gasteiger partial charge on any atom is 0.416 e. The normalized spacial score (nSPS) is 12.4. The largest absolute Gasteiger partial charge is 0.511 e. The van der Waals surface area contributed by atoms with E-state index < -0.39 is 40.5 Å². The molecule has 1 aliphatic rings. The summed E-state index contributed by atoms with van der Waals surface area (Å²) in [6.45, 7) is 3.97. The quantitative estimate of drug-likeness (QED) is 0.0298. The van der Waals surface area contributed by atoms with Crippen LogP contribution in [0.25, 0.3) is 0 Å². The van der Waals surface area contributed by atoms with Gasteiger partial charge in [-0.3, -0.25) is 14.4 Å². The monoisotopic (exact) mass is 714 g/mol. The van der Waals surface area contributed by atoms with Crippen LogP contribution in [-0.2, 0) is 11.0 Å². The molecule has 10 N–H and O–H groups in total. The Morgan fingerprint density at radius 1 is 0.725 bits per heavy atom. The third kappa shape index (κ3) is 10.2. The van der Waals surface area contributed by atoms with Gasteiger partial charge in [0.05, 0.1) is 41.0 Å². The zero-order valence-electron chi connectivity index (χ0n) is 27.3. The van der Waals surface area contributed by atoms with Gasteiger partial charge in [0, 0.05) is 56.3 Å². The number of aromatic hydroxyl groups is 2. The number of allylic oxidation sites excluding steroid dienone is 1. The number of ketones is 2. The number of carbonyl (C=O) groups is 3. The molecule has 17 heteroatoms. The number of benzene rings is 3. The molecule has 51 heavy (non-hydrogen) atoms. The van der Waals surface area contributed by atoms with E-state index in [1.54, 1.807) is 12.1 Å². The number of hydrogen-bond donors (Lipinski definition) is 10. The number of aliphatic hydroxyl groups excluding tert-OH is 3. The van der Waals surface area contributed by atoms with Crippen molar-refractivity contribution in [1.82, 2.24) is 10.6 Å². The highest BCUT2D eigenvalue weighted by Crippen LogP contribution is 2.42. The van der Waals surface area contributed by atoms with Crippen molar-refractivity contribution in [3.05, 3.63) is 87.7 Å². The molecule has 3 aromatic rings. The Kier molecular flexibility index (Phi) is 14.3. The Bertz CT molecular complexity index is 1730. The fraction of sp³-hybridized carbons (Fsp3) is 0.294. The first-order valence-electron chi connectivity index (χ1n) is 15.5. The highest BCUT2D eigenvalue weighted by atomic mass is 19.4. The Labute approximate surface area is 290 Å². The van der Waals surface area contributed by atoms with Crippen LogP contribution in [0.2, 0.25) is 0 Å². The van der Waals surface area contributed by atoms with Crippen molar-refractivity contribution in [2.75, 3.05) is 68.4 Å². The van der Waals surface area contributed by atoms with E-state index in [1.807, 2.05) is 0 Å². The molecule has 0 radical (unpaired) electrons. The minimum atomic E-state index is -4.46. The Morgan fingerprint density at radius 2 is 1.18 bits per heavy atom. The molecule has 0 bridgehead atoms. The summed E-state index contributed by atoms with van der Waals surface area (Å²) in [7, 11) is 0. The molecule has 0 atom stereocenters. The Hall–Kier alpha value is -5.67. The first-order valence-corrected chi connectivity index (χ1v) is 15.5. The zero-order valence-corrected chi connectivity index (χ0v) is 27.3. The minimum Gasteiger partial charge on any atom is -0.511 e. The lowest BCUT2D eigenvalue weighted by Gasteiger charge is -2.25. The second kappa shape index (κ2) is 18.4. The molecule has 1 aliphatic carbocycles. The lowest BCUT2D eigenvalue weighted by atomic mass is 9.81. The van der Waals surface area contributed by atoms with E-state index in [4.69, 9.17) is 20.6 Å². The van der Waals surface area contributed by atoms with Crippen LogP contribution in [0, 0.1) is 11.3 Å². The number of phenols is 2. The van der Waals surface area contributed by atoms with Gasteiger partial charge >= 0.3 is 6.18 Å². The van der Waals surface area contributed by atoms with Gasteiger partial charge in [-0.15, -0.1) is 0 Å². The molecular formula is C34H37F3N6O8. The molecule has 0 fully saturated rings. The smallest absolute Gasteiger partial charge is 0.416 e. The van der Waals surface area contributed by atoms with Crippen molar-refractivity contribution in [2.45, 2.75) is 13.1 Å². The summed E-state index contributed by atoms with van der Waals surface area (Å²) in [5.74, 6) is -3.21. The summed E-state index contributed by atoms with van der Waals surface area (Å²) in [6.07, 6.45) is -4.46. The number of nitrogens with one attached hydrogen (secondary N) is 5. The van der Waals surface area contributed by atoms with Gasteiger partial charge in [0.1, 0.15) is 23.3 Å². The average molecular weight is 715 g/mol. The Morgan fingerprint density at radius 3 is 1.55 bits per heavy atom. The van der Waals surface area contributed by atoms with Crippen molar-refractivity contribution >= 4 is 34.5 Å². The number of alkyl halides is 3. The SMILES string of the molecule is C/C(O)=C(\C#N)C(=O)Nc1ccc(C(F)(F)F)cc1.O=C1c2c(O)ccc(O)c2C(=O)c2c(NCCNCCO)ccc(NCCNCCO)c21. The fourth-order valence-corrected chi connectivity index (χ4v) is 4.87. The third-order valence-electron chi connectivity index (χ3n) is 7.26. The molecule has 3 aromatic carbocycles. The average Bonchev–Trinajstić information content (AvgIpc) is 3.08. The van der Waals surface area contributed by atoms with Gasteiger partial charge in [-0.25, -0.2) is 0 Å². The van der Waals surface area contributed by atoms with Crippen LogP contribution >= 0.6 is 0 Å². The highest BCUT2D eigenvalue weighted by Gasteiger charge is 2.38. The summed E-state index contributed by atoms with van der Waals surface area (Å²) in [6, 6.07) is 11.0. The number of aliphatic hydroxyl groups is 3. The lowest BCUT2D eigenvalue weighted by Crippen LogP contribution is -2.28. The standard InChI is InChI=1S/C22H28N4O6.C12H9F3N2O2/c27-11-9-23-5-7-25-13-1-2-14(26-8-6-24-10-12-28)18-17(13)21(31)19-15(29)3-4-16(30)20(19)22(18)32;1-7(18)10(6-16)11(19)17-9-4-2-8(3-5-9)12(13,14)15/h1-4,23-30H,5-12H2;2-5,18H,1H3,(H,17,19)/b;10-7-. The summed E-state index contributed by atoms with van der Waals surface area (Å²) in [5.41, 5.74) is -0.580. The number of fused-ring (bicyclic) bond motifs is 2. The molecule has 0 spiro atoms. The van der Waals surface area contributed by atoms with E-state index in [2.05, 4.69) is 26.6 Å². The van der Waals surface area contributed by atoms with E-state index in [0.717, 1.165) is 31.2 Å². The molecule has 0 heterocycles. The predicted octanol–water partition coefficient (Wildman–Crippen LogP) is 2.86. The fourth-order valence-electron chi connectivity index (χ4n) is 4.87. The van der Waals surface area contributed by atoms with E-state index in [1.165, 1.54) is 18.2 Å². The van der Waals surface area contributed by atoms with Crippen LogP contribution in [0.1, 0.15) is 44.3 Å². The number of amides is 1. The maximum absolute atomic E-state index is 13.4. The van der Waals surface area contributed by atoms with Crippen molar-refractivity contribution < 1.29 is 53.1 Å². The van der Waals surface area contributed by atoms with E-state index in [9.17, 15) is 37.8 Å². The third-order valence-corrected chi connectivity index (χ3v) is 7.26.